The molecule has 1 aromatic rings. The van der Waals surface area contributed by atoms with Gasteiger partial charge in [0, 0.05) is 32.2 Å². The molecule has 0 radical (unpaired) electrons. The minimum absolute atomic E-state index is 0.206. The van der Waals surface area contributed by atoms with Gasteiger partial charge in [-0.3, -0.25) is 24.0 Å². The third kappa shape index (κ3) is 4.76. The van der Waals surface area contributed by atoms with Crippen LogP contribution in [-0.2, 0) is 11.3 Å². The molecule has 0 bridgehead atoms. The van der Waals surface area contributed by atoms with Crippen LogP contribution >= 0.6 is 0 Å². The highest BCUT2D eigenvalue weighted by Crippen LogP contribution is 2.26. The van der Waals surface area contributed by atoms with E-state index in [2.05, 4.69) is 41.4 Å². The lowest BCUT2D eigenvalue weighted by Gasteiger charge is -2.40. The second-order valence-corrected chi connectivity index (χ2v) is 9.28. The van der Waals surface area contributed by atoms with Crippen LogP contribution in [0.1, 0.15) is 67.9 Å². The highest BCUT2D eigenvalue weighted by Gasteiger charge is 2.46. The van der Waals surface area contributed by atoms with E-state index in [0.29, 0.717) is 30.7 Å². The predicted molar refractivity (Wildman–Crippen MR) is 118 cm³/mol. The first-order chi connectivity index (χ1) is 14.7. The number of aromatic nitrogens is 2. The van der Waals surface area contributed by atoms with Gasteiger partial charge in [-0.1, -0.05) is 20.8 Å². The van der Waals surface area contributed by atoms with Crippen molar-refractivity contribution in [3.63, 3.8) is 0 Å². The molecule has 9 heteroatoms. The van der Waals surface area contributed by atoms with Crippen LogP contribution in [-0.4, -0.2) is 82.1 Å². The molecule has 2 atom stereocenters. The molecule has 0 aliphatic carbocycles. The maximum absolute atomic E-state index is 13.0. The van der Waals surface area contributed by atoms with Crippen LogP contribution < -0.4 is 10.6 Å². The lowest BCUT2D eigenvalue weighted by atomic mass is 9.95. The summed E-state index contributed by atoms with van der Waals surface area (Å²) in [7, 11) is 1.63. The molecule has 172 valence electrons. The van der Waals surface area contributed by atoms with Gasteiger partial charge in [-0.05, 0) is 45.2 Å². The number of carbonyl (C=O) groups is 3. The Hall–Kier alpha value is -2.42. The van der Waals surface area contributed by atoms with Crippen LogP contribution in [0.15, 0.2) is 6.07 Å². The zero-order chi connectivity index (χ0) is 22.8. The molecule has 9 nitrogen and oxygen atoms in total. The van der Waals surface area contributed by atoms with Gasteiger partial charge in [-0.2, -0.15) is 5.10 Å². The number of nitrogens with one attached hydrogen (secondary N) is 2. The molecule has 2 aliphatic heterocycles. The predicted octanol–water partition coefficient (Wildman–Crippen LogP) is 1.10. The fraction of sp³-hybridized carbons (Fsp3) is 0.727. The fourth-order valence-electron chi connectivity index (χ4n) is 4.35. The minimum atomic E-state index is -1.06. The quantitative estimate of drug-likeness (QED) is 0.641. The zero-order valence-corrected chi connectivity index (χ0v) is 19.4. The summed E-state index contributed by atoms with van der Waals surface area (Å²) in [6.45, 7) is 11.4. The van der Waals surface area contributed by atoms with Gasteiger partial charge in [-0.25, -0.2) is 0 Å². The van der Waals surface area contributed by atoms with Crippen molar-refractivity contribution < 1.29 is 14.4 Å². The largest absolute Gasteiger partial charge is 0.354 e. The third-order valence-corrected chi connectivity index (χ3v) is 6.63. The normalized spacial score (nSPS) is 23.9. The Morgan fingerprint density at radius 2 is 2.06 bits per heavy atom. The van der Waals surface area contributed by atoms with Gasteiger partial charge in [0.15, 0.2) is 5.69 Å². The van der Waals surface area contributed by atoms with Crippen molar-refractivity contribution in [3.8, 4) is 0 Å². The van der Waals surface area contributed by atoms with E-state index in [1.165, 1.54) is 15.6 Å². The topological polar surface area (TPSA) is 99.6 Å². The Balaban J connectivity index is 1.69. The van der Waals surface area contributed by atoms with E-state index in [-0.39, 0.29) is 30.0 Å². The van der Waals surface area contributed by atoms with Gasteiger partial charge < -0.3 is 15.5 Å². The summed E-state index contributed by atoms with van der Waals surface area (Å²) in [5.41, 5.74) is -0.523. The molecule has 1 saturated heterocycles. The Morgan fingerprint density at radius 3 is 2.74 bits per heavy atom. The lowest BCUT2D eigenvalue weighted by Crippen LogP contribution is -2.62. The van der Waals surface area contributed by atoms with Crippen LogP contribution in [0.5, 0.6) is 0 Å². The highest BCUT2D eigenvalue weighted by molar-refractivity contribution is 6.01. The van der Waals surface area contributed by atoms with Gasteiger partial charge in [0.25, 0.3) is 11.8 Å². The first-order valence-corrected chi connectivity index (χ1v) is 11.3. The SMILES string of the molecule is CCN1CCC[C@H]1CNC(=O)c1cc2n(n1)C[C@](C)(C(=O)NCCC(C)C)N(C)C2=O. The number of hydrogen-bond acceptors (Lipinski definition) is 5. The van der Waals surface area contributed by atoms with Crippen molar-refractivity contribution in [3.05, 3.63) is 17.5 Å². The van der Waals surface area contributed by atoms with Crippen molar-refractivity contribution in [1.29, 1.82) is 0 Å². The molecule has 2 N–H and O–H groups in total. The Labute approximate surface area is 184 Å². The standard InChI is InChI=1S/C22H36N6O3/c1-6-27-11-7-8-16(27)13-24-19(29)17-12-18-20(30)26(5)22(4,14-28(18)25-17)21(31)23-10-9-15(2)3/h12,15-16H,6-11,13-14H2,1-5H3,(H,23,31)(H,24,29)/t16-,22+/m0/s1. The van der Waals surface area contributed by atoms with E-state index in [1.54, 1.807) is 14.0 Å². The Kier molecular flexibility index (Phi) is 7.03. The summed E-state index contributed by atoms with van der Waals surface area (Å²) in [5, 5.41) is 10.3. The number of hydrogen-bond donors (Lipinski definition) is 2. The van der Waals surface area contributed by atoms with Crippen LogP contribution in [0.2, 0.25) is 0 Å². The molecule has 0 saturated carbocycles. The van der Waals surface area contributed by atoms with E-state index in [0.717, 1.165) is 32.4 Å². The average Bonchev–Trinajstić information content (AvgIpc) is 3.36. The minimum Gasteiger partial charge on any atom is -0.354 e. The van der Waals surface area contributed by atoms with Gasteiger partial charge in [-0.15, -0.1) is 0 Å². The molecule has 3 amide bonds. The smallest absolute Gasteiger partial charge is 0.272 e. The van der Waals surface area contributed by atoms with Gasteiger partial charge in [0.1, 0.15) is 11.2 Å². The number of likely N-dealkylation sites (tertiary alicyclic amines) is 1. The molecule has 3 rings (SSSR count). The summed E-state index contributed by atoms with van der Waals surface area (Å²) in [6.07, 6.45) is 3.08. The molecular weight excluding hydrogens is 396 g/mol. The molecule has 3 heterocycles. The van der Waals surface area contributed by atoms with Crippen molar-refractivity contribution in [1.82, 2.24) is 30.2 Å². The first-order valence-electron chi connectivity index (χ1n) is 11.3. The summed E-state index contributed by atoms with van der Waals surface area (Å²) < 4.78 is 1.49. The number of rotatable bonds is 8. The summed E-state index contributed by atoms with van der Waals surface area (Å²) in [4.78, 5) is 42.3. The van der Waals surface area contributed by atoms with Crippen LogP contribution in [0.4, 0.5) is 0 Å². The van der Waals surface area contributed by atoms with Crippen LogP contribution in [0.3, 0.4) is 0 Å². The first kappa shape index (κ1) is 23.2. The molecule has 1 aromatic heterocycles. The molecular formula is C22H36N6O3. The van der Waals surface area contributed by atoms with Gasteiger partial charge in [0.05, 0.1) is 6.54 Å². The maximum atomic E-state index is 13.0. The van der Waals surface area contributed by atoms with E-state index < -0.39 is 5.54 Å². The number of fused-ring (bicyclic) bond motifs is 1. The van der Waals surface area contributed by atoms with E-state index in [1.807, 2.05) is 0 Å². The molecule has 0 unspecified atom stereocenters. The maximum Gasteiger partial charge on any atom is 0.272 e. The second kappa shape index (κ2) is 9.38. The van der Waals surface area contributed by atoms with E-state index in [9.17, 15) is 14.4 Å². The van der Waals surface area contributed by atoms with Crippen molar-refractivity contribution >= 4 is 17.7 Å². The lowest BCUT2D eigenvalue weighted by molar-refractivity contribution is -0.132. The second-order valence-electron chi connectivity index (χ2n) is 9.28. The fourth-order valence-corrected chi connectivity index (χ4v) is 4.35. The summed E-state index contributed by atoms with van der Waals surface area (Å²) >= 11 is 0. The average molecular weight is 433 g/mol. The summed E-state index contributed by atoms with van der Waals surface area (Å²) in [6, 6.07) is 1.87. The number of nitrogens with zero attached hydrogens (tertiary/aromatic N) is 4. The third-order valence-electron chi connectivity index (χ3n) is 6.63. The molecule has 0 spiro atoms. The molecule has 2 aliphatic rings. The van der Waals surface area contributed by atoms with Gasteiger partial charge in [0.2, 0.25) is 5.91 Å². The highest BCUT2D eigenvalue weighted by atomic mass is 16.2. The Bertz CT molecular complexity index is 835. The summed E-state index contributed by atoms with van der Waals surface area (Å²) in [5.74, 6) is -0.334. The van der Waals surface area contributed by atoms with Gasteiger partial charge >= 0.3 is 0 Å². The number of likely N-dealkylation sites (N-methyl/N-ethyl adjacent to an activating group) is 2. The Morgan fingerprint density at radius 1 is 1.32 bits per heavy atom. The van der Waals surface area contributed by atoms with Crippen molar-refractivity contribution in [2.45, 2.75) is 65.1 Å². The molecule has 1 fully saturated rings. The monoisotopic (exact) mass is 432 g/mol. The van der Waals surface area contributed by atoms with Crippen molar-refractivity contribution in [2.24, 2.45) is 5.92 Å². The molecule has 31 heavy (non-hydrogen) atoms. The van der Waals surface area contributed by atoms with Crippen molar-refractivity contribution in [2.75, 3.05) is 33.2 Å². The van der Waals surface area contributed by atoms with Crippen LogP contribution in [0, 0.1) is 5.92 Å². The number of amides is 3. The van der Waals surface area contributed by atoms with E-state index >= 15 is 0 Å². The zero-order valence-electron chi connectivity index (χ0n) is 19.4. The van der Waals surface area contributed by atoms with E-state index in [4.69, 9.17) is 0 Å². The van der Waals surface area contributed by atoms with Crippen LogP contribution in [0.25, 0.3) is 0 Å². The molecule has 0 aromatic carbocycles. The number of carbonyl (C=O) groups excluding carboxylic acids is 3.